The lowest BCUT2D eigenvalue weighted by molar-refractivity contribution is -0.176. The van der Waals surface area contributed by atoms with Crippen LogP contribution in [-0.4, -0.2) is 80.4 Å². The van der Waals surface area contributed by atoms with Crippen LogP contribution in [0.2, 0.25) is 0 Å². The minimum atomic E-state index is -2.15. The molecule has 10 nitrogen and oxygen atoms in total. The van der Waals surface area contributed by atoms with Gasteiger partial charge in [-0.2, -0.15) is 0 Å². The molecule has 0 aromatic heterocycles. The molecule has 3 aliphatic heterocycles. The van der Waals surface area contributed by atoms with E-state index in [1.54, 1.807) is 19.3 Å². The zero-order chi connectivity index (χ0) is 30.0. The number of hydrogen-bond donors (Lipinski definition) is 1. The van der Waals surface area contributed by atoms with Crippen LogP contribution in [0.15, 0.2) is 65.9 Å². The number of hydrogen-bond acceptors (Lipinski definition) is 10. The van der Waals surface area contributed by atoms with E-state index in [1.165, 1.54) is 7.11 Å². The third kappa shape index (κ3) is 5.74. The lowest BCUT2D eigenvalue weighted by atomic mass is 9.86. The van der Waals surface area contributed by atoms with Gasteiger partial charge in [0.25, 0.3) is 0 Å². The number of aliphatic hydroxyl groups is 1. The van der Waals surface area contributed by atoms with E-state index in [4.69, 9.17) is 28.4 Å². The summed E-state index contributed by atoms with van der Waals surface area (Å²) in [5.74, 6) is 0.0600. The maximum absolute atomic E-state index is 13.8. The highest BCUT2D eigenvalue weighted by Gasteiger charge is 2.54. The van der Waals surface area contributed by atoms with Crippen molar-refractivity contribution in [2.24, 2.45) is 0 Å². The van der Waals surface area contributed by atoms with Crippen LogP contribution in [0.4, 0.5) is 0 Å². The fourth-order valence-corrected chi connectivity index (χ4v) is 6.67. The Morgan fingerprint density at radius 2 is 1.84 bits per heavy atom. The van der Waals surface area contributed by atoms with Gasteiger partial charge in [0.2, 0.25) is 6.79 Å². The first kappa shape index (κ1) is 29.2. The summed E-state index contributed by atoms with van der Waals surface area (Å²) < 4.78 is 33.9. The van der Waals surface area contributed by atoms with Gasteiger partial charge in [-0.05, 0) is 47.2 Å². The van der Waals surface area contributed by atoms with Crippen LogP contribution < -0.4 is 9.47 Å². The molecule has 1 fully saturated rings. The summed E-state index contributed by atoms with van der Waals surface area (Å²) in [6.45, 7) is 2.59. The number of methoxy groups -OCH3 is 2. The van der Waals surface area contributed by atoms with Crippen molar-refractivity contribution >= 4 is 11.9 Å². The van der Waals surface area contributed by atoms with Gasteiger partial charge in [0.15, 0.2) is 23.2 Å². The van der Waals surface area contributed by atoms with Crippen LogP contribution in [0.5, 0.6) is 11.5 Å². The summed E-state index contributed by atoms with van der Waals surface area (Å²) in [4.78, 5) is 28.6. The number of ether oxygens (including phenoxy) is 6. The van der Waals surface area contributed by atoms with Crippen molar-refractivity contribution in [1.29, 1.82) is 0 Å². The fourth-order valence-electron chi connectivity index (χ4n) is 6.67. The van der Waals surface area contributed by atoms with E-state index in [-0.39, 0.29) is 31.8 Å². The molecule has 0 radical (unpaired) electrons. The molecular weight excluding hydrogens is 554 g/mol. The lowest BCUT2D eigenvalue weighted by Gasteiger charge is -2.32. The zero-order valence-corrected chi connectivity index (χ0v) is 24.5. The molecule has 0 spiro atoms. The minimum absolute atomic E-state index is 0.00951. The molecule has 43 heavy (non-hydrogen) atoms. The first-order valence-electron chi connectivity index (χ1n) is 14.6. The first-order valence-corrected chi connectivity index (χ1v) is 14.6. The monoisotopic (exact) mass is 591 g/mol. The third-order valence-corrected chi connectivity index (χ3v) is 8.77. The van der Waals surface area contributed by atoms with Gasteiger partial charge < -0.3 is 33.5 Å². The quantitative estimate of drug-likeness (QED) is 0.237. The van der Waals surface area contributed by atoms with Crippen LogP contribution in [-0.2, 0) is 41.6 Å². The minimum Gasteiger partial charge on any atom is -0.497 e. The number of fused-ring (bicyclic) bond motifs is 3. The van der Waals surface area contributed by atoms with Crippen LogP contribution in [0.25, 0.3) is 0 Å². The maximum atomic E-state index is 13.8. The van der Waals surface area contributed by atoms with Crippen molar-refractivity contribution in [1.82, 2.24) is 4.90 Å². The zero-order valence-electron chi connectivity index (χ0n) is 24.5. The molecular formula is C33H37NO9. The van der Waals surface area contributed by atoms with Gasteiger partial charge >= 0.3 is 11.9 Å². The maximum Gasteiger partial charge on any atom is 0.339 e. The molecule has 0 amide bonds. The number of rotatable bonds is 11. The predicted octanol–water partition coefficient (Wildman–Crippen LogP) is 3.41. The average molecular weight is 592 g/mol. The molecule has 1 aliphatic carbocycles. The summed E-state index contributed by atoms with van der Waals surface area (Å²) in [5, 5.41) is 11.6. The molecule has 0 unspecified atom stereocenters. The second kappa shape index (κ2) is 12.4. The largest absolute Gasteiger partial charge is 0.497 e. The second-order valence-corrected chi connectivity index (χ2v) is 11.3. The molecule has 0 saturated carbocycles. The molecule has 2 aromatic rings. The normalized spacial score (nSPS) is 23.5. The Labute approximate surface area is 250 Å². The Morgan fingerprint density at radius 3 is 2.60 bits per heavy atom. The molecule has 4 atom stereocenters. The third-order valence-electron chi connectivity index (χ3n) is 8.77. The van der Waals surface area contributed by atoms with Crippen molar-refractivity contribution in [3.63, 3.8) is 0 Å². The number of benzene rings is 2. The van der Waals surface area contributed by atoms with Gasteiger partial charge in [-0.1, -0.05) is 42.5 Å². The number of esters is 2. The van der Waals surface area contributed by atoms with E-state index in [1.807, 2.05) is 42.5 Å². The fraction of sp³-hybridized carbons (Fsp3) is 0.455. The highest BCUT2D eigenvalue weighted by atomic mass is 16.7. The summed E-state index contributed by atoms with van der Waals surface area (Å²) in [6.07, 6.45) is 3.45. The summed E-state index contributed by atoms with van der Waals surface area (Å²) >= 11 is 0. The van der Waals surface area contributed by atoms with Crippen molar-refractivity contribution in [2.75, 3.05) is 40.7 Å². The van der Waals surface area contributed by atoms with E-state index < -0.39 is 30.1 Å². The Hall–Kier alpha value is -3.86. The van der Waals surface area contributed by atoms with Crippen LogP contribution in [0.1, 0.15) is 41.9 Å². The smallest absolute Gasteiger partial charge is 0.339 e. The number of carbonyl (C=O) groups excluding carboxylic acids is 2. The van der Waals surface area contributed by atoms with Gasteiger partial charge in [-0.15, -0.1) is 0 Å². The standard InChI is InChI=1S/C33H37NO9/c1-38-27(35)18-33(37,12-6-7-15-40-19-21-8-4-3-5-9-21)32(36)43-31-28-24-17-26-25(41-20-42-26)16-22(24)10-13-34-14-11-23(29(28)34)30(31)39-2/h3-9,16-17,28-29,31,37H,10-15,18-20H2,1-2H3/b7-6+/t28-,29-,31-,33+/m0/s1. The van der Waals surface area contributed by atoms with Crippen LogP contribution >= 0.6 is 0 Å². The Bertz CT molecular complexity index is 1420. The highest BCUT2D eigenvalue weighted by Crippen LogP contribution is 2.52. The highest BCUT2D eigenvalue weighted by molar-refractivity contribution is 5.86. The molecule has 0 bridgehead atoms. The second-order valence-electron chi connectivity index (χ2n) is 11.3. The van der Waals surface area contributed by atoms with Crippen molar-refractivity contribution in [3.05, 3.63) is 82.6 Å². The Morgan fingerprint density at radius 1 is 1.07 bits per heavy atom. The van der Waals surface area contributed by atoms with Gasteiger partial charge in [0.05, 0.1) is 33.9 Å². The SMILES string of the molecule is COC(=O)C[C@](O)(C/C=C/COCc1ccccc1)C(=O)O[C@@H]1C(OC)=C2CCN3CCc4cc5c(cc4[C@H]1[C@H]23)OCO5. The average Bonchev–Trinajstić information content (AvgIpc) is 3.69. The van der Waals surface area contributed by atoms with Crippen molar-refractivity contribution in [3.8, 4) is 11.5 Å². The van der Waals surface area contributed by atoms with E-state index >= 15 is 0 Å². The molecule has 228 valence electrons. The van der Waals surface area contributed by atoms with Gasteiger partial charge in [-0.3, -0.25) is 9.69 Å². The van der Waals surface area contributed by atoms with Crippen molar-refractivity contribution in [2.45, 2.75) is 56.0 Å². The molecule has 6 rings (SSSR count). The predicted molar refractivity (Wildman–Crippen MR) is 154 cm³/mol. The Kier molecular flexibility index (Phi) is 8.43. The topological polar surface area (TPSA) is 113 Å². The van der Waals surface area contributed by atoms with Crippen molar-refractivity contribution < 1.29 is 43.1 Å². The molecule has 3 heterocycles. The summed E-state index contributed by atoms with van der Waals surface area (Å²) in [7, 11) is 2.80. The van der Waals surface area contributed by atoms with Gasteiger partial charge in [-0.25, -0.2) is 4.79 Å². The summed E-state index contributed by atoms with van der Waals surface area (Å²) in [6, 6.07) is 13.7. The van der Waals surface area contributed by atoms with Gasteiger partial charge in [0, 0.05) is 31.5 Å². The Balaban J connectivity index is 1.23. The van der Waals surface area contributed by atoms with E-state index in [0.717, 1.165) is 48.2 Å². The molecule has 1 saturated heterocycles. The number of nitrogens with zero attached hydrogens (tertiary/aromatic N) is 1. The van der Waals surface area contributed by atoms with Crippen LogP contribution in [0, 0.1) is 0 Å². The van der Waals surface area contributed by atoms with E-state index in [9.17, 15) is 14.7 Å². The molecule has 1 N–H and O–H groups in total. The lowest BCUT2D eigenvalue weighted by Crippen LogP contribution is -2.45. The van der Waals surface area contributed by atoms with E-state index in [0.29, 0.717) is 23.9 Å². The number of carbonyl (C=O) groups is 2. The molecule has 10 heteroatoms. The molecule has 4 aliphatic rings. The molecule has 2 aromatic carbocycles. The van der Waals surface area contributed by atoms with E-state index in [2.05, 4.69) is 4.90 Å². The summed E-state index contributed by atoms with van der Waals surface area (Å²) in [5.41, 5.74) is 2.10. The van der Waals surface area contributed by atoms with Crippen LogP contribution in [0.3, 0.4) is 0 Å². The van der Waals surface area contributed by atoms with Gasteiger partial charge in [0.1, 0.15) is 5.76 Å². The first-order chi connectivity index (χ1) is 20.9.